The zero-order valence-corrected chi connectivity index (χ0v) is 11.2. The van der Waals surface area contributed by atoms with Crippen LogP contribution < -0.4 is 5.73 Å². The van der Waals surface area contributed by atoms with E-state index in [-0.39, 0.29) is 11.3 Å². The number of carbonyl (C=O) groups excluding carboxylic acids is 1. The Bertz CT molecular complexity index is 501. The maximum absolute atomic E-state index is 11.3. The third kappa shape index (κ3) is 2.00. The van der Waals surface area contributed by atoms with Crippen LogP contribution in [0.4, 0.5) is 0 Å². The number of fused-ring (bicyclic) bond motifs is 2. The molecule has 2 saturated heterocycles. The highest BCUT2D eigenvalue weighted by Crippen LogP contribution is 2.44. The Kier molecular flexibility index (Phi) is 2.97. The van der Waals surface area contributed by atoms with Gasteiger partial charge in [-0.25, -0.2) is 0 Å². The molecule has 0 aliphatic carbocycles. The molecule has 1 aromatic carbocycles. The highest BCUT2D eigenvalue weighted by atomic mass is 16.3. The molecule has 2 aliphatic heterocycles. The Labute approximate surface area is 113 Å². The summed E-state index contributed by atoms with van der Waals surface area (Å²) in [4.78, 5) is 13.8. The van der Waals surface area contributed by atoms with Gasteiger partial charge in [-0.15, -0.1) is 0 Å². The van der Waals surface area contributed by atoms with Crippen LogP contribution >= 0.6 is 0 Å². The summed E-state index contributed by atoms with van der Waals surface area (Å²) >= 11 is 0. The number of nitrogens with zero attached hydrogens (tertiary/aromatic N) is 1. The summed E-state index contributed by atoms with van der Waals surface area (Å²) in [5, 5.41) is 10.3. The van der Waals surface area contributed by atoms with Gasteiger partial charge in [0.15, 0.2) is 0 Å². The number of primary amides is 1. The van der Waals surface area contributed by atoms with E-state index in [2.05, 4.69) is 11.9 Å². The Morgan fingerprint density at radius 1 is 1.32 bits per heavy atom. The second kappa shape index (κ2) is 4.53. The van der Waals surface area contributed by atoms with Crippen LogP contribution in [-0.2, 0) is 0 Å². The number of aromatic hydroxyl groups is 1. The molecule has 3 rings (SSSR count). The van der Waals surface area contributed by atoms with Gasteiger partial charge >= 0.3 is 0 Å². The molecule has 1 aromatic rings. The number of phenols is 1. The summed E-state index contributed by atoms with van der Waals surface area (Å²) in [5.74, 6) is -0.132. The predicted molar refractivity (Wildman–Crippen MR) is 73.2 cm³/mol. The molecule has 1 amide bonds. The quantitative estimate of drug-likeness (QED) is 0.852. The average Bonchev–Trinajstić information content (AvgIpc) is 2.62. The largest absolute Gasteiger partial charge is 0.507 e. The van der Waals surface area contributed by atoms with Crippen molar-refractivity contribution in [2.24, 2.45) is 5.73 Å². The number of rotatable bonds is 2. The Balaban J connectivity index is 1.91. The standard InChI is InChI=1S/C15H20N2O2/c1-17-10-5-6-11(17)8-9(7-10)12-3-2-4-13(14(12)18)15(16)19/h2-4,9-11,18H,5-8H2,1H3,(H2,16,19). The van der Waals surface area contributed by atoms with Crippen molar-refractivity contribution in [1.82, 2.24) is 4.90 Å². The van der Waals surface area contributed by atoms with Crippen LogP contribution in [0.5, 0.6) is 5.75 Å². The third-order valence-electron chi connectivity index (χ3n) is 4.87. The SMILES string of the molecule is CN1C2CCC1CC(c1cccc(C(N)=O)c1O)C2. The molecule has 2 aliphatic rings. The first kappa shape index (κ1) is 12.5. The van der Waals surface area contributed by atoms with E-state index >= 15 is 0 Å². The molecule has 0 saturated carbocycles. The van der Waals surface area contributed by atoms with E-state index in [1.807, 2.05) is 12.1 Å². The van der Waals surface area contributed by atoms with E-state index in [0.29, 0.717) is 18.0 Å². The Hall–Kier alpha value is -1.55. The maximum atomic E-state index is 11.3. The first-order chi connectivity index (χ1) is 9.08. The molecule has 19 heavy (non-hydrogen) atoms. The average molecular weight is 260 g/mol. The number of amides is 1. The molecule has 2 heterocycles. The van der Waals surface area contributed by atoms with Gasteiger partial charge in [-0.3, -0.25) is 4.79 Å². The minimum Gasteiger partial charge on any atom is -0.507 e. The van der Waals surface area contributed by atoms with Crippen molar-refractivity contribution in [2.45, 2.75) is 43.7 Å². The summed E-state index contributed by atoms with van der Waals surface area (Å²) in [6.07, 6.45) is 4.60. The topological polar surface area (TPSA) is 66.6 Å². The zero-order valence-electron chi connectivity index (χ0n) is 11.2. The van der Waals surface area contributed by atoms with E-state index < -0.39 is 5.91 Å². The van der Waals surface area contributed by atoms with Crippen molar-refractivity contribution in [3.8, 4) is 5.75 Å². The van der Waals surface area contributed by atoms with Gasteiger partial charge < -0.3 is 15.7 Å². The lowest BCUT2D eigenvalue weighted by Gasteiger charge is -2.36. The number of benzene rings is 1. The first-order valence-corrected chi connectivity index (χ1v) is 6.91. The van der Waals surface area contributed by atoms with Crippen LogP contribution in [0.1, 0.15) is 47.5 Å². The first-order valence-electron chi connectivity index (χ1n) is 6.91. The van der Waals surface area contributed by atoms with E-state index in [9.17, 15) is 9.90 Å². The van der Waals surface area contributed by atoms with E-state index in [1.54, 1.807) is 6.07 Å². The minimum atomic E-state index is -0.560. The van der Waals surface area contributed by atoms with Crippen LogP contribution in [0.25, 0.3) is 0 Å². The molecule has 2 fully saturated rings. The fourth-order valence-electron chi connectivity index (χ4n) is 3.76. The normalized spacial score (nSPS) is 30.5. The van der Waals surface area contributed by atoms with Crippen molar-refractivity contribution in [3.05, 3.63) is 29.3 Å². The summed E-state index contributed by atoms with van der Waals surface area (Å²) in [5.41, 5.74) is 6.42. The second-order valence-electron chi connectivity index (χ2n) is 5.83. The minimum absolute atomic E-state index is 0.0870. The zero-order chi connectivity index (χ0) is 13.6. The molecule has 4 nitrogen and oxygen atoms in total. The van der Waals surface area contributed by atoms with Gasteiger partial charge in [-0.05, 0) is 50.3 Å². The van der Waals surface area contributed by atoms with Crippen molar-refractivity contribution in [2.75, 3.05) is 7.05 Å². The summed E-state index contributed by atoms with van der Waals surface area (Å²) in [6, 6.07) is 6.55. The molecular formula is C15H20N2O2. The maximum Gasteiger partial charge on any atom is 0.252 e. The summed E-state index contributed by atoms with van der Waals surface area (Å²) < 4.78 is 0. The van der Waals surface area contributed by atoms with Gasteiger partial charge in [0, 0.05) is 12.1 Å². The Morgan fingerprint density at radius 3 is 2.53 bits per heavy atom. The van der Waals surface area contributed by atoms with E-state index in [0.717, 1.165) is 18.4 Å². The third-order valence-corrected chi connectivity index (χ3v) is 4.87. The predicted octanol–water partition coefficient (Wildman–Crippen LogP) is 1.83. The summed E-state index contributed by atoms with van der Waals surface area (Å²) in [7, 11) is 2.19. The van der Waals surface area contributed by atoms with Crippen LogP contribution in [-0.4, -0.2) is 35.0 Å². The number of hydrogen-bond acceptors (Lipinski definition) is 3. The fourth-order valence-corrected chi connectivity index (χ4v) is 3.76. The molecule has 0 spiro atoms. The fraction of sp³-hybridized carbons (Fsp3) is 0.533. The van der Waals surface area contributed by atoms with Crippen LogP contribution in [0.3, 0.4) is 0 Å². The van der Waals surface area contributed by atoms with Gasteiger partial charge in [0.1, 0.15) is 5.75 Å². The highest BCUT2D eigenvalue weighted by Gasteiger charge is 2.39. The van der Waals surface area contributed by atoms with Gasteiger partial charge in [-0.2, -0.15) is 0 Å². The molecule has 4 heteroatoms. The van der Waals surface area contributed by atoms with Crippen molar-refractivity contribution >= 4 is 5.91 Å². The lowest BCUT2D eigenvalue weighted by Crippen LogP contribution is -2.39. The van der Waals surface area contributed by atoms with Gasteiger partial charge in [0.2, 0.25) is 0 Å². The molecule has 2 bridgehead atoms. The number of piperidine rings is 1. The van der Waals surface area contributed by atoms with Crippen LogP contribution in [0.15, 0.2) is 18.2 Å². The number of carbonyl (C=O) groups is 1. The van der Waals surface area contributed by atoms with Crippen molar-refractivity contribution in [3.63, 3.8) is 0 Å². The van der Waals surface area contributed by atoms with E-state index in [1.165, 1.54) is 12.8 Å². The number of hydrogen-bond donors (Lipinski definition) is 2. The molecular weight excluding hydrogens is 240 g/mol. The van der Waals surface area contributed by atoms with Gasteiger partial charge in [0.25, 0.3) is 5.91 Å². The Morgan fingerprint density at radius 2 is 1.95 bits per heavy atom. The lowest BCUT2D eigenvalue weighted by molar-refractivity contribution is 0.0997. The number of para-hydroxylation sites is 1. The molecule has 0 radical (unpaired) electrons. The van der Waals surface area contributed by atoms with E-state index in [4.69, 9.17) is 5.73 Å². The van der Waals surface area contributed by atoms with Gasteiger partial charge in [-0.1, -0.05) is 12.1 Å². The van der Waals surface area contributed by atoms with Crippen LogP contribution in [0, 0.1) is 0 Å². The monoisotopic (exact) mass is 260 g/mol. The molecule has 102 valence electrons. The van der Waals surface area contributed by atoms with Gasteiger partial charge in [0.05, 0.1) is 5.56 Å². The lowest BCUT2D eigenvalue weighted by atomic mass is 9.84. The molecule has 2 atom stereocenters. The summed E-state index contributed by atoms with van der Waals surface area (Å²) in [6.45, 7) is 0. The second-order valence-corrected chi connectivity index (χ2v) is 5.83. The number of nitrogens with two attached hydrogens (primary N) is 1. The molecule has 0 aromatic heterocycles. The van der Waals surface area contributed by atoms with Crippen LogP contribution in [0.2, 0.25) is 0 Å². The smallest absolute Gasteiger partial charge is 0.252 e. The molecule has 2 unspecified atom stereocenters. The van der Waals surface area contributed by atoms with Crippen molar-refractivity contribution in [1.29, 1.82) is 0 Å². The van der Waals surface area contributed by atoms with Crippen molar-refractivity contribution < 1.29 is 9.90 Å². The highest BCUT2D eigenvalue weighted by molar-refractivity contribution is 5.96. The molecule has 3 N–H and O–H groups in total.